The predicted molar refractivity (Wildman–Crippen MR) is 69.9 cm³/mol. The van der Waals surface area contributed by atoms with Crippen molar-refractivity contribution in [3.8, 4) is 23.0 Å². The number of rotatable bonds is 3. The van der Waals surface area contributed by atoms with E-state index in [0.717, 1.165) is 0 Å². The number of carboxylic acid groups (broad SMARTS) is 1. The Morgan fingerprint density at radius 2 is 2.05 bits per heavy atom. The Morgan fingerprint density at radius 1 is 1.15 bits per heavy atom. The summed E-state index contributed by atoms with van der Waals surface area (Å²) in [5.41, 5.74) is 1.32. The molecular formula is C14H9N3O3. The van der Waals surface area contributed by atoms with Crippen LogP contribution in [0.4, 0.5) is 0 Å². The quantitative estimate of drug-likeness (QED) is 0.784. The molecule has 0 bridgehead atoms. The molecule has 0 radical (unpaired) electrons. The molecule has 98 valence electrons. The number of hydrogen-bond donors (Lipinski definition) is 1. The SMILES string of the molecule is O=C(O)c1cccc(-c2noc(-c3ccccn3)n2)c1. The van der Waals surface area contributed by atoms with E-state index in [1.165, 1.54) is 12.1 Å². The van der Waals surface area contributed by atoms with Crippen molar-refractivity contribution in [2.75, 3.05) is 0 Å². The van der Waals surface area contributed by atoms with Crippen molar-refractivity contribution < 1.29 is 14.4 Å². The van der Waals surface area contributed by atoms with Gasteiger partial charge in [0.2, 0.25) is 5.82 Å². The highest BCUT2D eigenvalue weighted by molar-refractivity contribution is 5.89. The lowest BCUT2D eigenvalue weighted by Gasteiger charge is -1.96. The van der Waals surface area contributed by atoms with Gasteiger partial charge in [-0.15, -0.1) is 0 Å². The lowest BCUT2D eigenvalue weighted by molar-refractivity contribution is 0.0697. The van der Waals surface area contributed by atoms with Crippen molar-refractivity contribution in [3.05, 3.63) is 54.2 Å². The molecule has 1 N–H and O–H groups in total. The lowest BCUT2D eigenvalue weighted by Crippen LogP contribution is -1.96. The molecule has 0 amide bonds. The van der Waals surface area contributed by atoms with E-state index in [-0.39, 0.29) is 5.56 Å². The highest BCUT2D eigenvalue weighted by Gasteiger charge is 2.12. The first-order valence-electron chi connectivity index (χ1n) is 5.83. The van der Waals surface area contributed by atoms with Crippen LogP contribution >= 0.6 is 0 Å². The molecule has 3 aromatic rings. The van der Waals surface area contributed by atoms with E-state index < -0.39 is 5.97 Å². The van der Waals surface area contributed by atoms with E-state index in [1.54, 1.807) is 30.5 Å². The van der Waals surface area contributed by atoms with Crippen LogP contribution in [-0.2, 0) is 0 Å². The van der Waals surface area contributed by atoms with Gasteiger partial charge >= 0.3 is 5.97 Å². The minimum atomic E-state index is -1.000. The van der Waals surface area contributed by atoms with Gasteiger partial charge < -0.3 is 9.63 Å². The maximum Gasteiger partial charge on any atom is 0.335 e. The normalized spacial score (nSPS) is 10.4. The van der Waals surface area contributed by atoms with Crippen LogP contribution in [0.2, 0.25) is 0 Å². The van der Waals surface area contributed by atoms with Crippen molar-refractivity contribution >= 4 is 5.97 Å². The number of aromatic carboxylic acids is 1. The summed E-state index contributed by atoms with van der Waals surface area (Å²) in [5, 5.41) is 12.8. The highest BCUT2D eigenvalue weighted by atomic mass is 16.5. The van der Waals surface area contributed by atoms with Crippen molar-refractivity contribution in [1.82, 2.24) is 15.1 Å². The Morgan fingerprint density at radius 3 is 2.80 bits per heavy atom. The Balaban J connectivity index is 1.98. The van der Waals surface area contributed by atoms with Gasteiger partial charge in [-0.05, 0) is 24.3 Å². The van der Waals surface area contributed by atoms with E-state index in [2.05, 4.69) is 15.1 Å². The highest BCUT2D eigenvalue weighted by Crippen LogP contribution is 2.21. The molecule has 2 aromatic heterocycles. The number of pyridine rings is 1. The monoisotopic (exact) mass is 267 g/mol. The number of hydrogen-bond acceptors (Lipinski definition) is 5. The summed E-state index contributed by atoms with van der Waals surface area (Å²) in [4.78, 5) is 19.3. The summed E-state index contributed by atoms with van der Waals surface area (Å²) in [6, 6.07) is 11.7. The zero-order valence-corrected chi connectivity index (χ0v) is 10.2. The molecule has 0 unspecified atom stereocenters. The van der Waals surface area contributed by atoms with Gasteiger partial charge in [-0.2, -0.15) is 4.98 Å². The fraction of sp³-hybridized carbons (Fsp3) is 0. The van der Waals surface area contributed by atoms with Crippen LogP contribution in [0.25, 0.3) is 23.0 Å². The third-order valence-corrected chi connectivity index (χ3v) is 2.68. The first kappa shape index (κ1) is 12.0. The van der Waals surface area contributed by atoms with Gasteiger partial charge in [0.15, 0.2) is 0 Å². The number of carbonyl (C=O) groups is 1. The fourth-order valence-corrected chi connectivity index (χ4v) is 1.73. The van der Waals surface area contributed by atoms with Crippen LogP contribution in [0.3, 0.4) is 0 Å². The van der Waals surface area contributed by atoms with Crippen molar-refractivity contribution in [3.63, 3.8) is 0 Å². The molecule has 0 aliphatic heterocycles. The molecule has 0 aliphatic rings. The predicted octanol–water partition coefficient (Wildman–Crippen LogP) is 2.50. The van der Waals surface area contributed by atoms with Crippen LogP contribution < -0.4 is 0 Å². The van der Waals surface area contributed by atoms with Crippen LogP contribution in [0.15, 0.2) is 53.2 Å². The van der Waals surface area contributed by atoms with Gasteiger partial charge in [-0.25, -0.2) is 4.79 Å². The standard InChI is InChI=1S/C14H9N3O3/c18-14(19)10-5-3-4-9(8-10)12-16-13(20-17-12)11-6-1-2-7-15-11/h1-8H,(H,18,19). The largest absolute Gasteiger partial charge is 0.478 e. The van der Waals surface area contributed by atoms with Gasteiger partial charge in [-0.3, -0.25) is 4.98 Å². The second-order valence-corrected chi connectivity index (χ2v) is 4.02. The number of benzene rings is 1. The molecule has 0 fully saturated rings. The molecule has 20 heavy (non-hydrogen) atoms. The Labute approximate surface area is 113 Å². The molecule has 6 heteroatoms. The molecule has 6 nitrogen and oxygen atoms in total. The van der Waals surface area contributed by atoms with Crippen molar-refractivity contribution in [2.24, 2.45) is 0 Å². The number of nitrogens with zero attached hydrogens (tertiary/aromatic N) is 3. The second kappa shape index (κ2) is 4.93. The molecule has 2 heterocycles. The molecule has 0 atom stereocenters. The molecule has 0 saturated carbocycles. The van der Waals surface area contributed by atoms with Gasteiger partial charge in [0.1, 0.15) is 5.69 Å². The minimum absolute atomic E-state index is 0.173. The molecular weight excluding hydrogens is 258 g/mol. The van der Waals surface area contributed by atoms with Crippen LogP contribution in [-0.4, -0.2) is 26.2 Å². The van der Waals surface area contributed by atoms with Crippen LogP contribution in [0.5, 0.6) is 0 Å². The first-order valence-corrected chi connectivity index (χ1v) is 5.83. The molecule has 1 aromatic carbocycles. The van der Waals surface area contributed by atoms with E-state index >= 15 is 0 Å². The average molecular weight is 267 g/mol. The summed E-state index contributed by atoms with van der Waals surface area (Å²) in [7, 11) is 0. The summed E-state index contributed by atoms with van der Waals surface area (Å²) in [6.07, 6.45) is 1.63. The van der Waals surface area contributed by atoms with Gasteiger partial charge in [-0.1, -0.05) is 23.4 Å². The van der Waals surface area contributed by atoms with E-state index in [1.807, 2.05) is 6.07 Å². The van der Waals surface area contributed by atoms with Crippen molar-refractivity contribution in [2.45, 2.75) is 0 Å². The molecule has 0 aliphatic carbocycles. The zero-order chi connectivity index (χ0) is 13.9. The third kappa shape index (κ3) is 2.26. The summed E-state index contributed by atoms with van der Waals surface area (Å²) < 4.78 is 5.13. The second-order valence-electron chi connectivity index (χ2n) is 4.02. The van der Waals surface area contributed by atoms with Crippen LogP contribution in [0, 0.1) is 0 Å². The molecule has 0 saturated heterocycles. The summed E-state index contributed by atoms with van der Waals surface area (Å²) in [6.45, 7) is 0. The summed E-state index contributed by atoms with van der Waals surface area (Å²) in [5.74, 6) is -0.379. The van der Waals surface area contributed by atoms with E-state index in [0.29, 0.717) is 23.0 Å². The molecule has 3 rings (SSSR count). The van der Waals surface area contributed by atoms with Crippen molar-refractivity contribution in [1.29, 1.82) is 0 Å². The number of carboxylic acids is 1. The Kier molecular flexibility index (Phi) is 2.96. The van der Waals surface area contributed by atoms with Gasteiger partial charge in [0.25, 0.3) is 5.89 Å². The Bertz CT molecular complexity index is 753. The Hall–Kier alpha value is -3.02. The van der Waals surface area contributed by atoms with Gasteiger partial charge in [0, 0.05) is 11.8 Å². The van der Waals surface area contributed by atoms with E-state index in [9.17, 15) is 4.79 Å². The smallest absolute Gasteiger partial charge is 0.335 e. The van der Waals surface area contributed by atoms with E-state index in [4.69, 9.17) is 9.63 Å². The lowest BCUT2D eigenvalue weighted by atomic mass is 10.1. The average Bonchev–Trinajstić information content (AvgIpc) is 2.98. The zero-order valence-electron chi connectivity index (χ0n) is 10.2. The molecule has 0 spiro atoms. The van der Waals surface area contributed by atoms with Crippen LogP contribution in [0.1, 0.15) is 10.4 Å². The van der Waals surface area contributed by atoms with Gasteiger partial charge in [0.05, 0.1) is 5.56 Å². The fourth-order valence-electron chi connectivity index (χ4n) is 1.73. The number of aromatic nitrogens is 3. The third-order valence-electron chi connectivity index (χ3n) is 2.68. The maximum atomic E-state index is 10.9. The maximum absolute atomic E-state index is 10.9. The summed E-state index contributed by atoms with van der Waals surface area (Å²) >= 11 is 0. The first-order chi connectivity index (χ1) is 9.74. The topological polar surface area (TPSA) is 89.1 Å². The minimum Gasteiger partial charge on any atom is -0.478 e.